The van der Waals surface area contributed by atoms with Gasteiger partial charge in [0, 0.05) is 30.3 Å². The zero-order chi connectivity index (χ0) is 15.1. The van der Waals surface area contributed by atoms with E-state index in [1.54, 1.807) is 31.2 Å². The van der Waals surface area contributed by atoms with Crippen LogP contribution in [0.1, 0.15) is 12.5 Å². The molecule has 0 aliphatic heterocycles. The van der Waals surface area contributed by atoms with Gasteiger partial charge < -0.3 is 10.1 Å². The van der Waals surface area contributed by atoms with E-state index in [0.717, 1.165) is 0 Å². The fraction of sp³-hybridized carbons (Fsp3) is 0.500. The van der Waals surface area contributed by atoms with Gasteiger partial charge in [-0.3, -0.25) is 9.69 Å². The van der Waals surface area contributed by atoms with Crippen molar-refractivity contribution in [3.8, 4) is 0 Å². The number of hydrogen-bond acceptors (Lipinski definition) is 3. The molecule has 0 heterocycles. The first kappa shape index (κ1) is 16.9. The first-order chi connectivity index (χ1) is 9.43. The molecule has 1 amide bonds. The van der Waals surface area contributed by atoms with Gasteiger partial charge >= 0.3 is 0 Å². The van der Waals surface area contributed by atoms with Gasteiger partial charge in [-0.25, -0.2) is 4.39 Å². The lowest BCUT2D eigenvalue weighted by Crippen LogP contribution is -2.41. The molecule has 1 atom stereocenters. The Bertz CT molecular complexity index is 437. The van der Waals surface area contributed by atoms with Crippen molar-refractivity contribution in [3.05, 3.63) is 34.6 Å². The molecule has 0 aromatic heterocycles. The van der Waals surface area contributed by atoms with E-state index in [2.05, 4.69) is 5.32 Å². The summed E-state index contributed by atoms with van der Waals surface area (Å²) in [6.07, 6.45) is 0. The van der Waals surface area contributed by atoms with Crippen LogP contribution in [0.5, 0.6) is 0 Å². The summed E-state index contributed by atoms with van der Waals surface area (Å²) < 4.78 is 18.6. The SMILES string of the molecule is COCC(C)NC(=O)CN(C)Cc1c(F)cccc1Cl. The quantitative estimate of drug-likeness (QED) is 0.838. The van der Waals surface area contributed by atoms with Crippen LogP contribution in [0.25, 0.3) is 0 Å². The van der Waals surface area contributed by atoms with Gasteiger partial charge in [0.2, 0.25) is 5.91 Å². The van der Waals surface area contributed by atoms with Gasteiger partial charge in [0.05, 0.1) is 13.2 Å². The third-order valence-corrected chi connectivity index (χ3v) is 3.08. The van der Waals surface area contributed by atoms with E-state index in [4.69, 9.17) is 16.3 Å². The molecule has 4 nitrogen and oxygen atoms in total. The molecule has 0 aliphatic carbocycles. The molecule has 1 aromatic carbocycles. The maximum Gasteiger partial charge on any atom is 0.234 e. The lowest BCUT2D eigenvalue weighted by molar-refractivity contribution is -0.123. The summed E-state index contributed by atoms with van der Waals surface area (Å²) in [4.78, 5) is 13.5. The molecule has 0 aliphatic rings. The number of likely N-dealkylation sites (N-methyl/N-ethyl adjacent to an activating group) is 1. The third kappa shape index (κ3) is 5.45. The average molecular weight is 303 g/mol. The van der Waals surface area contributed by atoms with Crippen LogP contribution >= 0.6 is 11.6 Å². The second kappa shape index (κ2) is 8.19. The van der Waals surface area contributed by atoms with Crippen molar-refractivity contribution in [1.82, 2.24) is 10.2 Å². The largest absolute Gasteiger partial charge is 0.383 e. The fourth-order valence-corrected chi connectivity index (χ4v) is 2.09. The number of nitrogens with one attached hydrogen (secondary N) is 1. The molecule has 1 aromatic rings. The molecule has 1 N–H and O–H groups in total. The highest BCUT2D eigenvalue weighted by atomic mass is 35.5. The average Bonchev–Trinajstić information content (AvgIpc) is 2.34. The van der Waals surface area contributed by atoms with Crippen molar-refractivity contribution < 1.29 is 13.9 Å². The van der Waals surface area contributed by atoms with E-state index >= 15 is 0 Å². The Balaban J connectivity index is 2.51. The summed E-state index contributed by atoms with van der Waals surface area (Å²) >= 11 is 5.95. The number of halogens is 2. The molecule has 0 spiro atoms. The Kier molecular flexibility index (Phi) is 6.91. The minimum absolute atomic E-state index is 0.0575. The van der Waals surface area contributed by atoms with Crippen molar-refractivity contribution in [2.45, 2.75) is 19.5 Å². The van der Waals surface area contributed by atoms with Crippen LogP contribution < -0.4 is 5.32 Å². The molecule has 6 heteroatoms. The number of ether oxygens (including phenoxy) is 1. The topological polar surface area (TPSA) is 41.6 Å². The van der Waals surface area contributed by atoms with Gasteiger partial charge in [-0.1, -0.05) is 17.7 Å². The second-order valence-electron chi connectivity index (χ2n) is 4.80. The zero-order valence-electron chi connectivity index (χ0n) is 12.0. The predicted molar refractivity (Wildman–Crippen MR) is 77.2 cm³/mol. The Morgan fingerprint density at radius 3 is 2.85 bits per heavy atom. The number of rotatable bonds is 7. The summed E-state index contributed by atoms with van der Waals surface area (Å²) in [5.74, 6) is -0.498. The lowest BCUT2D eigenvalue weighted by atomic mass is 10.2. The summed E-state index contributed by atoms with van der Waals surface area (Å²) in [5.41, 5.74) is 0.398. The summed E-state index contributed by atoms with van der Waals surface area (Å²) in [7, 11) is 3.32. The second-order valence-corrected chi connectivity index (χ2v) is 5.20. The maximum absolute atomic E-state index is 13.6. The van der Waals surface area contributed by atoms with Gasteiger partial charge in [0.1, 0.15) is 5.82 Å². The van der Waals surface area contributed by atoms with Crippen LogP contribution in [0, 0.1) is 5.82 Å². The highest BCUT2D eigenvalue weighted by Crippen LogP contribution is 2.20. The Hall–Kier alpha value is -1.17. The summed E-state index contributed by atoms with van der Waals surface area (Å²) in [5, 5.41) is 3.16. The minimum atomic E-state index is -0.363. The molecular formula is C14H20ClFN2O2. The van der Waals surface area contributed by atoms with Crippen LogP contribution in [0.15, 0.2) is 18.2 Å². The predicted octanol–water partition coefficient (Wildman–Crippen LogP) is 2.06. The highest BCUT2D eigenvalue weighted by molar-refractivity contribution is 6.31. The zero-order valence-corrected chi connectivity index (χ0v) is 12.7. The molecule has 0 bridgehead atoms. The number of carbonyl (C=O) groups is 1. The molecule has 1 rings (SSSR count). The van der Waals surface area contributed by atoms with E-state index in [0.29, 0.717) is 17.2 Å². The van der Waals surface area contributed by atoms with Crippen LogP contribution in [-0.4, -0.2) is 44.2 Å². The Morgan fingerprint density at radius 1 is 1.55 bits per heavy atom. The van der Waals surface area contributed by atoms with Crippen molar-refractivity contribution in [2.75, 3.05) is 27.3 Å². The van der Waals surface area contributed by atoms with Crippen molar-refractivity contribution in [3.63, 3.8) is 0 Å². The van der Waals surface area contributed by atoms with E-state index in [-0.39, 0.29) is 30.9 Å². The van der Waals surface area contributed by atoms with Crippen LogP contribution in [0.2, 0.25) is 5.02 Å². The lowest BCUT2D eigenvalue weighted by Gasteiger charge is -2.19. The van der Waals surface area contributed by atoms with Crippen molar-refractivity contribution in [1.29, 1.82) is 0 Å². The normalized spacial score (nSPS) is 12.5. The third-order valence-electron chi connectivity index (χ3n) is 2.73. The van der Waals surface area contributed by atoms with Gasteiger partial charge in [-0.05, 0) is 26.1 Å². The number of hydrogen-bond donors (Lipinski definition) is 1. The Labute approximate surface area is 123 Å². The fourth-order valence-electron chi connectivity index (χ4n) is 1.87. The molecule has 0 saturated heterocycles. The van der Waals surface area contributed by atoms with Gasteiger partial charge in [-0.15, -0.1) is 0 Å². The van der Waals surface area contributed by atoms with E-state index in [1.807, 2.05) is 6.92 Å². The molecule has 0 saturated carbocycles. The number of methoxy groups -OCH3 is 1. The molecule has 0 radical (unpaired) electrons. The first-order valence-electron chi connectivity index (χ1n) is 6.33. The molecule has 1 unspecified atom stereocenters. The summed E-state index contributed by atoms with van der Waals surface area (Å²) in [6, 6.07) is 4.49. The van der Waals surface area contributed by atoms with Gasteiger partial charge in [0.25, 0.3) is 0 Å². The van der Waals surface area contributed by atoms with Crippen molar-refractivity contribution in [2.24, 2.45) is 0 Å². The smallest absolute Gasteiger partial charge is 0.234 e. The maximum atomic E-state index is 13.6. The number of nitrogens with zero attached hydrogens (tertiary/aromatic N) is 1. The van der Waals surface area contributed by atoms with Crippen molar-refractivity contribution >= 4 is 17.5 Å². The van der Waals surface area contributed by atoms with Crippen LogP contribution in [0.4, 0.5) is 4.39 Å². The van der Waals surface area contributed by atoms with E-state index < -0.39 is 0 Å². The number of amides is 1. The van der Waals surface area contributed by atoms with E-state index in [1.165, 1.54) is 6.07 Å². The first-order valence-corrected chi connectivity index (χ1v) is 6.71. The number of benzene rings is 1. The van der Waals surface area contributed by atoms with Gasteiger partial charge in [-0.2, -0.15) is 0 Å². The van der Waals surface area contributed by atoms with Crippen LogP contribution in [-0.2, 0) is 16.1 Å². The molecule has 112 valence electrons. The number of carbonyl (C=O) groups excluding carboxylic acids is 1. The minimum Gasteiger partial charge on any atom is -0.383 e. The monoisotopic (exact) mass is 302 g/mol. The highest BCUT2D eigenvalue weighted by Gasteiger charge is 2.13. The molecule has 20 heavy (non-hydrogen) atoms. The van der Waals surface area contributed by atoms with Crippen LogP contribution in [0.3, 0.4) is 0 Å². The molecule has 0 fully saturated rings. The van der Waals surface area contributed by atoms with E-state index in [9.17, 15) is 9.18 Å². The summed E-state index contributed by atoms with van der Waals surface area (Å²) in [6.45, 7) is 2.75. The molecular weight excluding hydrogens is 283 g/mol. The standard InChI is InChI=1S/C14H20ClFN2O2/c1-10(9-20-3)17-14(19)8-18(2)7-11-12(15)5-4-6-13(11)16/h4-6,10H,7-9H2,1-3H3,(H,17,19). The Morgan fingerprint density at radius 2 is 2.25 bits per heavy atom. The van der Waals surface area contributed by atoms with Gasteiger partial charge in [0.15, 0.2) is 0 Å².